The minimum absolute atomic E-state index is 0.785. The molecule has 16 heavy (non-hydrogen) atoms. The number of rotatable bonds is 7. The van der Waals surface area contributed by atoms with Gasteiger partial charge in [0.2, 0.25) is 0 Å². The van der Waals surface area contributed by atoms with Crippen molar-refractivity contribution in [3.63, 3.8) is 0 Å². The predicted molar refractivity (Wildman–Crippen MR) is 72.2 cm³/mol. The van der Waals surface area contributed by atoms with Crippen molar-refractivity contribution in [2.45, 2.75) is 26.7 Å². The summed E-state index contributed by atoms with van der Waals surface area (Å²) >= 11 is 3.50. The van der Waals surface area contributed by atoms with Gasteiger partial charge < -0.3 is 10.1 Å². The number of hydrogen-bond acceptors (Lipinski definition) is 2. The van der Waals surface area contributed by atoms with E-state index in [9.17, 15) is 0 Å². The molecular formula is C13H20BrNO. The first-order valence-electron chi connectivity index (χ1n) is 5.83. The summed E-state index contributed by atoms with van der Waals surface area (Å²) < 4.78 is 6.74. The van der Waals surface area contributed by atoms with Crippen LogP contribution in [-0.4, -0.2) is 19.7 Å². The normalized spacial score (nSPS) is 10.4. The van der Waals surface area contributed by atoms with Crippen molar-refractivity contribution in [1.29, 1.82) is 0 Å². The van der Waals surface area contributed by atoms with Crippen LogP contribution in [0.1, 0.15) is 25.3 Å². The molecule has 3 heteroatoms. The van der Waals surface area contributed by atoms with Crippen molar-refractivity contribution in [1.82, 2.24) is 5.32 Å². The summed E-state index contributed by atoms with van der Waals surface area (Å²) in [6.07, 6.45) is 2.25. The van der Waals surface area contributed by atoms with E-state index in [0.29, 0.717) is 0 Å². The smallest absolute Gasteiger partial charge is 0.133 e. The Kier molecular flexibility index (Phi) is 6.50. The molecule has 0 aromatic heterocycles. The van der Waals surface area contributed by atoms with Gasteiger partial charge in [-0.3, -0.25) is 0 Å². The fourth-order valence-electron chi connectivity index (χ4n) is 1.43. The minimum atomic E-state index is 0.785. The van der Waals surface area contributed by atoms with Gasteiger partial charge in [-0.1, -0.05) is 13.0 Å². The lowest BCUT2D eigenvalue weighted by Gasteiger charge is -2.08. The molecule has 1 aromatic carbocycles. The van der Waals surface area contributed by atoms with Crippen LogP contribution in [0.25, 0.3) is 0 Å². The molecular weight excluding hydrogens is 266 g/mol. The molecule has 0 aliphatic rings. The Hall–Kier alpha value is -0.540. The van der Waals surface area contributed by atoms with Gasteiger partial charge in [0.05, 0.1) is 11.1 Å². The fraction of sp³-hybridized carbons (Fsp3) is 0.538. The van der Waals surface area contributed by atoms with Gasteiger partial charge in [-0.25, -0.2) is 0 Å². The van der Waals surface area contributed by atoms with Crippen molar-refractivity contribution >= 4 is 15.9 Å². The van der Waals surface area contributed by atoms with Crippen LogP contribution >= 0.6 is 15.9 Å². The third-order valence-corrected chi connectivity index (χ3v) is 2.96. The van der Waals surface area contributed by atoms with E-state index in [1.54, 1.807) is 0 Å². The van der Waals surface area contributed by atoms with E-state index >= 15 is 0 Å². The number of hydrogen-bond donors (Lipinski definition) is 1. The van der Waals surface area contributed by atoms with Gasteiger partial charge in [0, 0.05) is 0 Å². The largest absolute Gasteiger partial charge is 0.492 e. The lowest BCUT2D eigenvalue weighted by atomic mass is 10.2. The van der Waals surface area contributed by atoms with Gasteiger partial charge in [-0.2, -0.15) is 0 Å². The average Bonchev–Trinajstić information content (AvgIpc) is 2.26. The van der Waals surface area contributed by atoms with Crippen LogP contribution in [0.3, 0.4) is 0 Å². The number of nitrogens with one attached hydrogen (secondary N) is 1. The highest BCUT2D eigenvalue weighted by atomic mass is 79.9. The molecule has 0 aliphatic carbocycles. The molecule has 0 fully saturated rings. The van der Waals surface area contributed by atoms with Crippen LogP contribution < -0.4 is 10.1 Å². The SMILES string of the molecule is CCNCCCCOc1ccc(C)cc1Br. The van der Waals surface area contributed by atoms with Crippen LogP contribution in [0.15, 0.2) is 22.7 Å². The molecule has 0 heterocycles. The standard InChI is InChI=1S/C13H20BrNO/c1-3-15-8-4-5-9-16-13-7-6-11(2)10-12(13)14/h6-7,10,15H,3-5,8-9H2,1-2H3. The van der Waals surface area contributed by atoms with Crippen LogP contribution in [0, 0.1) is 6.92 Å². The lowest BCUT2D eigenvalue weighted by Crippen LogP contribution is -2.14. The molecule has 0 radical (unpaired) electrons. The maximum absolute atomic E-state index is 5.70. The molecule has 0 amide bonds. The van der Waals surface area contributed by atoms with E-state index in [4.69, 9.17) is 4.74 Å². The van der Waals surface area contributed by atoms with Crippen molar-refractivity contribution in [2.75, 3.05) is 19.7 Å². The molecule has 1 N–H and O–H groups in total. The van der Waals surface area contributed by atoms with Crippen molar-refractivity contribution in [3.8, 4) is 5.75 Å². The van der Waals surface area contributed by atoms with Crippen LogP contribution in [0.2, 0.25) is 0 Å². The van der Waals surface area contributed by atoms with Crippen LogP contribution in [0.5, 0.6) is 5.75 Å². The zero-order chi connectivity index (χ0) is 11.8. The molecule has 1 rings (SSSR count). The summed E-state index contributed by atoms with van der Waals surface area (Å²) in [7, 11) is 0. The van der Waals surface area contributed by atoms with E-state index < -0.39 is 0 Å². The Labute approximate surface area is 107 Å². The summed E-state index contributed by atoms with van der Waals surface area (Å²) in [5.41, 5.74) is 1.24. The molecule has 0 spiro atoms. The first kappa shape index (κ1) is 13.5. The summed E-state index contributed by atoms with van der Waals surface area (Å²) in [5.74, 6) is 0.939. The van der Waals surface area contributed by atoms with Gasteiger partial charge in [0.1, 0.15) is 5.75 Å². The highest BCUT2D eigenvalue weighted by Gasteiger charge is 2.00. The molecule has 0 aliphatic heterocycles. The second kappa shape index (κ2) is 7.69. The number of benzene rings is 1. The number of ether oxygens (including phenoxy) is 1. The third kappa shape index (κ3) is 4.99. The van der Waals surface area contributed by atoms with Crippen LogP contribution in [0.4, 0.5) is 0 Å². The first-order valence-corrected chi connectivity index (χ1v) is 6.63. The molecule has 0 bridgehead atoms. The summed E-state index contributed by atoms with van der Waals surface area (Å²) in [6.45, 7) is 7.11. The van der Waals surface area contributed by atoms with E-state index in [-0.39, 0.29) is 0 Å². The summed E-state index contributed by atoms with van der Waals surface area (Å²) in [6, 6.07) is 6.16. The highest BCUT2D eigenvalue weighted by molar-refractivity contribution is 9.10. The quantitative estimate of drug-likeness (QED) is 0.774. The maximum Gasteiger partial charge on any atom is 0.133 e. The lowest BCUT2D eigenvalue weighted by molar-refractivity contribution is 0.304. The van der Waals surface area contributed by atoms with E-state index in [0.717, 1.165) is 42.8 Å². The Morgan fingerprint density at radius 2 is 2.12 bits per heavy atom. The third-order valence-electron chi connectivity index (χ3n) is 2.34. The average molecular weight is 286 g/mol. The second-order valence-corrected chi connectivity index (χ2v) is 4.70. The molecule has 0 unspecified atom stereocenters. The van der Waals surface area contributed by atoms with Crippen LogP contribution in [-0.2, 0) is 0 Å². The van der Waals surface area contributed by atoms with Crippen molar-refractivity contribution in [2.24, 2.45) is 0 Å². The Balaban J connectivity index is 2.21. The summed E-state index contributed by atoms with van der Waals surface area (Å²) in [4.78, 5) is 0. The zero-order valence-electron chi connectivity index (χ0n) is 10.1. The fourth-order valence-corrected chi connectivity index (χ4v) is 2.04. The van der Waals surface area contributed by atoms with E-state index in [1.165, 1.54) is 5.56 Å². The topological polar surface area (TPSA) is 21.3 Å². The van der Waals surface area contributed by atoms with Gasteiger partial charge in [-0.05, 0) is 66.5 Å². The van der Waals surface area contributed by atoms with Gasteiger partial charge in [0.25, 0.3) is 0 Å². The number of unbranched alkanes of at least 4 members (excludes halogenated alkanes) is 1. The molecule has 0 atom stereocenters. The number of aryl methyl sites for hydroxylation is 1. The monoisotopic (exact) mass is 285 g/mol. The molecule has 90 valence electrons. The van der Waals surface area contributed by atoms with Gasteiger partial charge in [0.15, 0.2) is 0 Å². The predicted octanol–water partition coefficient (Wildman–Crippen LogP) is 3.53. The zero-order valence-corrected chi connectivity index (χ0v) is 11.6. The Morgan fingerprint density at radius 1 is 1.31 bits per heavy atom. The van der Waals surface area contributed by atoms with Crippen molar-refractivity contribution in [3.05, 3.63) is 28.2 Å². The summed E-state index contributed by atoms with van der Waals surface area (Å²) in [5, 5.41) is 3.30. The minimum Gasteiger partial charge on any atom is -0.492 e. The molecule has 2 nitrogen and oxygen atoms in total. The van der Waals surface area contributed by atoms with E-state index in [1.807, 2.05) is 6.07 Å². The Morgan fingerprint density at radius 3 is 2.81 bits per heavy atom. The Bertz CT molecular complexity index is 315. The highest BCUT2D eigenvalue weighted by Crippen LogP contribution is 2.25. The first-order chi connectivity index (χ1) is 7.74. The molecule has 0 saturated carbocycles. The van der Waals surface area contributed by atoms with E-state index in [2.05, 4.69) is 47.2 Å². The van der Waals surface area contributed by atoms with Gasteiger partial charge in [-0.15, -0.1) is 0 Å². The molecule has 0 saturated heterocycles. The maximum atomic E-state index is 5.70. The van der Waals surface area contributed by atoms with Gasteiger partial charge >= 0.3 is 0 Å². The number of halogens is 1. The van der Waals surface area contributed by atoms with Crippen molar-refractivity contribution < 1.29 is 4.74 Å². The second-order valence-electron chi connectivity index (χ2n) is 3.84. The molecule has 1 aromatic rings.